The van der Waals surface area contributed by atoms with Crippen LogP contribution in [0, 0.1) is 0 Å². The lowest BCUT2D eigenvalue weighted by Crippen LogP contribution is -2.09. The number of hydrogen-bond donors (Lipinski definition) is 1. The zero-order valence-electron chi connectivity index (χ0n) is 8.71. The Hall–Kier alpha value is -1.27. The molecular formula is C11H9BrN2O2S. The molecule has 0 aromatic carbocycles. The molecule has 1 atom stereocenters. The van der Waals surface area contributed by atoms with Gasteiger partial charge in [0, 0.05) is 17.3 Å². The molecule has 0 aliphatic heterocycles. The SMILES string of the molecule is O=C(O)CC(c1ncccn1)c1ccc(Br)s1. The fourth-order valence-electron chi connectivity index (χ4n) is 1.50. The summed E-state index contributed by atoms with van der Waals surface area (Å²) in [6.07, 6.45) is 3.25. The summed E-state index contributed by atoms with van der Waals surface area (Å²) in [5.41, 5.74) is 0. The molecule has 2 rings (SSSR count). The van der Waals surface area contributed by atoms with Crippen LogP contribution in [0.5, 0.6) is 0 Å². The first-order valence-electron chi connectivity index (χ1n) is 4.91. The molecule has 0 fully saturated rings. The normalized spacial score (nSPS) is 12.3. The second-order valence-corrected chi connectivity index (χ2v) is 5.89. The summed E-state index contributed by atoms with van der Waals surface area (Å²) in [6, 6.07) is 5.52. The maximum atomic E-state index is 10.9. The predicted molar refractivity (Wildman–Crippen MR) is 68.1 cm³/mol. The highest BCUT2D eigenvalue weighted by Crippen LogP contribution is 2.33. The van der Waals surface area contributed by atoms with Crippen LogP contribution in [-0.4, -0.2) is 21.0 Å². The Bertz CT molecular complexity index is 515. The highest BCUT2D eigenvalue weighted by atomic mass is 79.9. The van der Waals surface area contributed by atoms with Gasteiger partial charge in [0.05, 0.1) is 16.1 Å². The van der Waals surface area contributed by atoms with E-state index in [9.17, 15) is 4.79 Å². The topological polar surface area (TPSA) is 63.1 Å². The highest BCUT2D eigenvalue weighted by Gasteiger charge is 2.21. The summed E-state index contributed by atoms with van der Waals surface area (Å²) in [7, 11) is 0. The molecule has 0 saturated carbocycles. The molecule has 0 bridgehead atoms. The van der Waals surface area contributed by atoms with Gasteiger partial charge in [0.2, 0.25) is 0 Å². The Balaban J connectivity index is 2.35. The van der Waals surface area contributed by atoms with Crippen molar-refractivity contribution in [3.05, 3.63) is 45.1 Å². The summed E-state index contributed by atoms with van der Waals surface area (Å²) in [5, 5.41) is 8.95. The second-order valence-electron chi connectivity index (χ2n) is 3.40. The van der Waals surface area contributed by atoms with E-state index in [4.69, 9.17) is 5.11 Å². The number of aromatic nitrogens is 2. The van der Waals surface area contributed by atoms with Gasteiger partial charge >= 0.3 is 5.97 Å². The first-order valence-corrected chi connectivity index (χ1v) is 6.51. The van der Waals surface area contributed by atoms with Crippen LogP contribution in [0.2, 0.25) is 0 Å². The first-order chi connectivity index (χ1) is 8.16. The number of carboxylic acids is 1. The lowest BCUT2D eigenvalue weighted by molar-refractivity contribution is -0.137. The molecule has 17 heavy (non-hydrogen) atoms. The monoisotopic (exact) mass is 312 g/mol. The Labute approximate surface area is 110 Å². The van der Waals surface area contributed by atoms with Crippen molar-refractivity contribution in [1.82, 2.24) is 9.97 Å². The summed E-state index contributed by atoms with van der Waals surface area (Å²) >= 11 is 4.88. The van der Waals surface area contributed by atoms with Gasteiger partial charge in [-0.15, -0.1) is 11.3 Å². The van der Waals surface area contributed by atoms with Crippen molar-refractivity contribution < 1.29 is 9.90 Å². The highest BCUT2D eigenvalue weighted by molar-refractivity contribution is 9.11. The number of rotatable bonds is 4. The van der Waals surface area contributed by atoms with E-state index in [1.165, 1.54) is 11.3 Å². The molecule has 0 aliphatic carbocycles. The molecule has 0 aliphatic rings. The molecule has 6 heteroatoms. The van der Waals surface area contributed by atoms with Gasteiger partial charge in [-0.3, -0.25) is 4.79 Å². The number of nitrogens with zero attached hydrogens (tertiary/aromatic N) is 2. The Kier molecular flexibility index (Phi) is 3.86. The second kappa shape index (κ2) is 5.37. The van der Waals surface area contributed by atoms with Gasteiger partial charge in [0.15, 0.2) is 0 Å². The molecule has 2 heterocycles. The van der Waals surface area contributed by atoms with Gasteiger partial charge < -0.3 is 5.11 Å². The van der Waals surface area contributed by atoms with Gasteiger partial charge in [-0.05, 0) is 34.1 Å². The lowest BCUT2D eigenvalue weighted by atomic mass is 10.0. The van der Waals surface area contributed by atoms with Crippen LogP contribution in [0.1, 0.15) is 23.0 Å². The third-order valence-corrected chi connectivity index (χ3v) is 3.95. The molecule has 4 nitrogen and oxygen atoms in total. The van der Waals surface area contributed by atoms with E-state index in [2.05, 4.69) is 25.9 Å². The molecule has 0 spiro atoms. The summed E-state index contributed by atoms with van der Waals surface area (Å²) in [5.74, 6) is -0.596. The molecule has 0 saturated heterocycles. The molecule has 88 valence electrons. The Morgan fingerprint density at radius 3 is 2.65 bits per heavy atom. The van der Waals surface area contributed by atoms with E-state index in [1.807, 2.05) is 12.1 Å². The molecule has 0 radical (unpaired) electrons. The zero-order valence-corrected chi connectivity index (χ0v) is 11.1. The average Bonchev–Trinajstić information content (AvgIpc) is 2.73. The van der Waals surface area contributed by atoms with Gasteiger partial charge in [0.25, 0.3) is 0 Å². The third-order valence-electron chi connectivity index (χ3n) is 2.21. The van der Waals surface area contributed by atoms with E-state index in [1.54, 1.807) is 18.5 Å². The maximum Gasteiger partial charge on any atom is 0.304 e. The minimum atomic E-state index is -0.855. The minimum absolute atomic E-state index is 0.00301. The maximum absolute atomic E-state index is 10.9. The van der Waals surface area contributed by atoms with Crippen molar-refractivity contribution in [2.45, 2.75) is 12.3 Å². The van der Waals surface area contributed by atoms with Crippen molar-refractivity contribution in [2.75, 3.05) is 0 Å². The van der Waals surface area contributed by atoms with Crippen LogP contribution in [0.3, 0.4) is 0 Å². The van der Waals surface area contributed by atoms with Crippen molar-refractivity contribution in [2.24, 2.45) is 0 Å². The van der Waals surface area contributed by atoms with E-state index >= 15 is 0 Å². The summed E-state index contributed by atoms with van der Waals surface area (Å²) in [4.78, 5) is 20.1. The van der Waals surface area contributed by atoms with Crippen molar-refractivity contribution in [3.63, 3.8) is 0 Å². The number of aliphatic carboxylic acids is 1. The van der Waals surface area contributed by atoms with Crippen molar-refractivity contribution in [3.8, 4) is 0 Å². The fourth-order valence-corrected chi connectivity index (χ4v) is 3.02. The van der Waals surface area contributed by atoms with Gasteiger partial charge in [0.1, 0.15) is 5.82 Å². The van der Waals surface area contributed by atoms with Crippen LogP contribution in [0.25, 0.3) is 0 Å². The van der Waals surface area contributed by atoms with Gasteiger partial charge in [-0.25, -0.2) is 9.97 Å². The van der Waals surface area contributed by atoms with Gasteiger partial charge in [-0.2, -0.15) is 0 Å². The molecule has 2 aromatic rings. The molecular weight excluding hydrogens is 304 g/mol. The Morgan fingerprint density at radius 1 is 1.41 bits per heavy atom. The number of carbonyl (C=O) groups is 1. The third kappa shape index (κ3) is 3.10. The predicted octanol–water partition coefficient (Wildman–Crippen LogP) is 2.91. The average molecular weight is 313 g/mol. The quantitative estimate of drug-likeness (QED) is 0.943. The van der Waals surface area contributed by atoms with Crippen molar-refractivity contribution in [1.29, 1.82) is 0 Å². The zero-order chi connectivity index (χ0) is 12.3. The molecule has 1 unspecified atom stereocenters. The molecule has 1 N–H and O–H groups in total. The summed E-state index contributed by atoms with van der Waals surface area (Å²) < 4.78 is 0.971. The largest absolute Gasteiger partial charge is 0.481 e. The number of halogens is 1. The smallest absolute Gasteiger partial charge is 0.304 e. The van der Waals surface area contributed by atoms with E-state index in [0.29, 0.717) is 5.82 Å². The summed E-state index contributed by atoms with van der Waals surface area (Å²) in [6.45, 7) is 0. The van der Waals surface area contributed by atoms with Crippen LogP contribution < -0.4 is 0 Å². The van der Waals surface area contributed by atoms with Crippen LogP contribution in [0.15, 0.2) is 34.4 Å². The molecule has 2 aromatic heterocycles. The number of carboxylic acid groups (broad SMARTS) is 1. The van der Waals surface area contributed by atoms with Crippen LogP contribution in [0.4, 0.5) is 0 Å². The first kappa shape index (κ1) is 12.2. The van der Waals surface area contributed by atoms with Crippen LogP contribution >= 0.6 is 27.3 Å². The lowest BCUT2D eigenvalue weighted by Gasteiger charge is -2.10. The van der Waals surface area contributed by atoms with Gasteiger partial charge in [-0.1, -0.05) is 0 Å². The van der Waals surface area contributed by atoms with Crippen molar-refractivity contribution >= 4 is 33.2 Å². The molecule has 0 amide bonds. The van der Waals surface area contributed by atoms with Crippen LogP contribution in [-0.2, 0) is 4.79 Å². The number of thiophene rings is 1. The standard InChI is InChI=1S/C11H9BrN2O2S/c12-9-3-2-8(17-9)7(6-10(15)16)11-13-4-1-5-14-11/h1-5,7H,6H2,(H,15,16). The fraction of sp³-hybridized carbons (Fsp3) is 0.182. The minimum Gasteiger partial charge on any atom is -0.481 e. The van der Waals surface area contributed by atoms with E-state index < -0.39 is 5.97 Å². The Morgan fingerprint density at radius 2 is 2.12 bits per heavy atom. The van der Waals surface area contributed by atoms with E-state index in [0.717, 1.165) is 8.66 Å². The number of hydrogen-bond acceptors (Lipinski definition) is 4. The van der Waals surface area contributed by atoms with E-state index in [-0.39, 0.29) is 12.3 Å².